The van der Waals surface area contributed by atoms with Crippen molar-refractivity contribution in [2.45, 2.75) is 50.2 Å². The second-order valence-corrected chi connectivity index (χ2v) is 11.1. The van der Waals surface area contributed by atoms with Gasteiger partial charge in [-0.15, -0.1) is 0 Å². The van der Waals surface area contributed by atoms with Crippen LogP contribution in [0.5, 0.6) is 0 Å². The molecule has 7 heteroatoms. The first-order valence-electron chi connectivity index (χ1n) is 9.80. The zero-order chi connectivity index (χ0) is 21.1. The van der Waals surface area contributed by atoms with E-state index in [1.54, 1.807) is 0 Å². The monoisotopic (exact) mass is 428 g/mol. The van der Waals surface area contributed by atoms with Crippen molar-refractivity contribution in [3.05, 3.63) is 65.0 Å². The van der Waals surface area contributed by atoms with Crippen LogP contribution < -0.4 is 0 Å². The first-order chi connectivity index (χ1) is 13.8. The van der Waals surface area contributed by atoms with Gasteiger partial charge in [0.15, 0.2) is 5.83 Å². The van der Waals surface area contributed by atoms with Gasteiger partial charge in [0.25, 0.3) is 0 Å². The molecule has 1 heterocycles. The molecule has 0 radical (unpaired) electrons. The van der Waals surface area contributed by atoms with E-state index in [-0.39, 0.29) is 5.92 Å². The van der Waals surface area contributed by atoms with Crippen molar-refractivity contribution in [3.8, 4) is 11.1 Å². The van der Waals surface area contributed by atoms with Crippen molar-refractivity contribution >= 4 is 14.6 Å². The van der Waals surface area contributed by atoms with Crippen molar-refractivity contribution in [2.75, 3.05) is 0 Å². The van der Waals surface area contributed by atoms with Crippen molar-refractivity contribution in [1.82, 2.24) is 0 Å². The van der Waals surface area contributed by atoms with E-state index < -0.39 is 60.9 Å². The Morgan fingerprint density at radius 1 is 0.966 bits per heavy atom. The fraction of sp³-hybridized carbons (Fsp3) is 0.364. The first kappa shape index (κ1) is 21.7. The molecule has 0 bridgehead atoms. The van der Waals surface area contributed by atoms with Crippen LogP contribution in [0.25, 0.3) is 17.0 Å². The van der Waals surface area contributed by atoms with E-state index in [0.29, 0.717) is 17.7 Å². The molecule has 0 N–H and O–H groups in total. The van der Waals surface area contributed by atoms with E-state index in [4.69, 9.17) is 0 Å². The summed E-state index contributed by atoms with van der Waals surface area (Å²) in [5.41, 5.74) is -1.65. The average molecular weight is 428 g/mol. The highest BCUT2D eigenvalue weighted by atomic mass is 28.3. The lowest BCUT2D eigenvalue weighted by Gasteiger charge is -2.28. The predicted molar refractivity (Wildman–Crippen MR) is 106 cm³/mol. The summed E-state index contributed by atoms with van der Waals surface area (Å²) in [7, 11) is -0.732. The number of halogens is 6. The van der Waals surface area contributed by atoms with Crippen molar-refractivity contribution in [3.63, 3.8) is 0 Å². The topological polar surface area (TPSA) is 0 Å². The van der Waals surface area contributed by atoms with Gasteiger partial charge in [0.2, 0.25) is 0 Å². The van der Waals surface area contributed by atoms with Gasteiger partial charge in [-0.2, -0.15) is 0 Å². The molecule has 0 amide bonds. The Bertz CT molecular complexity index is 870. The molecule has 0 unspecified atom stereocenters. The van der Waals surface area contributed by atoms with Crippen LogP contribution in [-0.4, -0.2) is 8.80 Å². The fourth-order valence-electron chi connectivity index (χ4n) is 4.30. The maximum absolute atomic E-state index is 14.7. The Morgan fingerprint density at radius 2 is 1.52 bits per heavy atom. The summed E-state index contributed by atoms with van der Waals surface area (Å²) in [6.07, 6.45) is 2.41. The molecule has 29 heavy (non-hydrogen) atoms. The second-order valence-electron chi connectivity index (χ2n) is 7.64. The molecule has 0 aliphatic carbocycles. The van der Waals surface area contributed by atoms with E-state index in [9.17, 15) is 26.3 Å². The lowest BCUT2D eigenvalue weighted by atomic mass is 9.91. The van der Waals surface area contributed by atoms with Crippen LogP contribution in [0.15, 0.2) is 30.6 Å². The van der Waals surface area contributed by atoms with Crippen LogP contribution in [-0.2, 0) is 0 Å². The molecule has 1 fully saturated rings. The Hall–Kier alpha value is -2.02. The van der Waals surface area contributed by atoms with Crippen LogP contribution >= 0.6 is 0 Å². The minimum absolute atomic E-state index is 0.0771. The summed E-state index contributed by atoms with van der Waals surface area (Å²) >= 11 is 0. The SMILES string of the molecule is CCC[SiH]1CCC(c2cc(F)c(-c3cc(F)c(C(F)=CF)c(F)c3)c(F)c2)CC1. The Labute approximate surface area is 167 Å². The lowest BCUT2D eigenvalue weighted by molar-refractivity contribution is 0.555. The van der Waals surface area contributed by atoms with E-state index in [1.807, 2.05) is 0 Å². The third-order valence-electron chi connectivity index (χ3n) is 5.74. The van der Waals surface area contributed by atoms with E-state index >= 15 is 0 Å². The zero-order valence-corrected chi connectivity index (χ0v) is 17.2. The van der Waals surface area contributed by atoms with E-state index in [1.165, 1.54) is 24.6 Å². The highest BCUT2D eigenvalue weighted by Gasteiger charge is 2.26. The van der Waals surface area contributed by atoms with Gasteiger partial charge in [-0.1, -0.05) is 31.5 Å². The molecule has 0 aromatic heterocycles. The molecule has 1 aliphatic rings. The molecule has 0 nitrogen and oxygen atoms in total. The number of hydrogen-bond donors (Lipinski definition) is 0. The average Bonchev–Trinajstić information content (AvgIpc) is 2.67. The highest BCUT2D eigenvalue weighted by molar-refractivity contribution is 6.59. The zero-order valence-electron chi connectivity index (χ0n) is 16.1. The van der Waals surface area contributed by atoms with Crippen LogP contribution in [0.2, 0.25) is 18.1 Å². The van der Waals surface area contributed by atoms with E-state index in [2.05, 4.69) is 6.92 Å². The van der Waals surface area contributed by atoms with Gasteiger partial charge in [0.05, 0.1) is 11.1 Å². The quantitative estimate of drug-likeness (QED) is 0.339. The molecule has 0 saturated carbocycles. The molecule has 156 valence electrons. The largest absolute Gasteiger partial charge is 0.212 e. The second kappa shape index (κ2) is 9.20. The molecular formula is C22H22F6Si. The van der Waals surface area contributed by atoms with Crippen molar-refractivity contribution in [2.24, 2.45) is 0 Å². The Kier molecular flexibility index (Phi) is 6.88. The third kappa shape index (κ3) is 4.60. The summed E-state index contributed by atoms with van der Waals surface area (Å²) in [6.45, 7) is 2.17. The van der Waals surface area contributed by atoms with Crippen LogP contribution in [0.3, 0.4) is 0 Å². The maximum Gasteiger partial charge on any atom is 0.164 e. The van der Waals surface area contributed by atoms with E-state index in [0.717, 1.165) is 24.9 Å². The third-order valence-corrected chi connectivity index (χ3v) is 9.44. The Morgan fingerprint density at radius 3 is 2.00 bits per heavy atom. The summed E-state index contributed by atoms with van der Waals surface area (Å²) in [5.74, 6) is -6.39. The van der Waals surface area contributed by atoms with Crippen molar-refractivity contribution in [1.29, 1.82) is 0 Å². The molecule has 0 atom stereocenters. The van der Waals surface area contributed by atoms with Gasteiger partial charge in [0, 0.05) is 8.80 Å². The molecule has 0 spiro atoms. The van der Waals surface area contributed by atoms with Gasteiger partial charge in [-0.3, -0.25) is 0 Å². The highest BCUT2D eigenvalue weighted by Crippen LogP contribution is 2.38. The fourth-order valence-corrected chi connectivity index (χ4v) is 7.73. The van der Waals surface area contributed by atoms with Crippen LogP contribution in [0.1, 0.15) is 43.2 Å². The van der Waals surface area contributed by atoms with Gasteiger partial charge in [-0.25, -0.2) is 26.3 Å². The molecular weight excluding hydrogens is 406 g/mol. The number of hydrogen-bond acceptors (Lipinski definition) is 0. The summed E-state index contributed by atoms with van der Waals surface area (Å²) in [6, 6.07) is 7.23. The van der Waals surface area contributed by atoms with Crippen LogP contribution in [0, 0.1) is 23.3 Å². The lowest BCUT2D eigenvalue weighted by Crippen LogP contribution is -2.20. The Balaban J connectivity index is 1.91. The molecule has 1 aliphatic heterocycles. The maximum atomic E-state index is 14.7. The summed E-state index contributed by atoms with van der Waals surface area (Å²) in [4.78, 5) is 0. The molecule has 2 aromatic carbocycles. The van der Waals surface area contributed by atoms with Gasteiger partial charge >= 0.3 is 0 Å². The summed E-state index contributed by atoms with van der Waals surface area (Å²) in [5, 5.41) is 0. The van der Waals surface area contributed by atoms with Crippen LogP contribution in [0.4, 0.5) is 26.3 Å². The number of rotatable bonds is 5. The predicted octanol–water partition coefficient (Wildman–Crippen LogP) is 7.66. The standard InChI is InChI=1S/C22H22F6Si/c1-2-5-29-6-3-13(4-7-29)14-8-16(24)21(17(25)9-14)15-10-18(26)22(19(27)11-15)20(28)12-23/h8-13,29H,2-7H2,1H3. The molecule has 1 saturated heterocycles. The van der Waals surface area contributed by atoms with Gasteiger partial charge in [0.1, 0.15) is 29.6 Å². The summed E-state index contributed by atoms with van der Waals surface area (Å²) < 4.78 is 83.1. The minimum atomic E-state index is -1.73. The van der Waals surface area contributed by atoms with Gasteiger partial charge in [-0.05, 0) is 54.2 Å². The molecule has 3 rings (SSSR count). The number of benzene rings is 2. The smallest absolute Gasteiger partial charge is 0.164 e. The first-order valence-corrected chi connectivity index (χ1v) is 12.2. The minimum Gasteiger partial charge on any atom is -0.212 e. The normalized spacial score (nSPS) is 20.2. The van der Waals surface area contributed by atoms with Gasteiger partial charge < -0.3 is 0 Å². The molecule has 2 aromatic rings. The van der Waals surface area contributed by atoms with Crippen molar-refractivity contribution < 1.29 is 26.3 Å².